The van der Waals surface area contributed by atoms with Gasteiger partial charge in [0, 0.05) is 38.2 Å². The molecule has 2 aromatic carbocycles. The molecule has 7 rings (SSSR count). The summed E-state index contributed by atoms with van der Waals surface area (Å²) in [5.41, 5.74) is 6.38. The van der Waals surface area contributed by atoms with E-state index in [-0.39, 0.29) is 23.3 Å². The van der Waals surface area contributed by atoms with E-state index in [1.54, 1.807) is 15.4 Å². The minimum Gasteiger partial charge on any atom is -0.342 e. The Kier molecular flexibility index (Phi) is 5.13. The molecule has 0 N–H and O–H groups in total. The molecule has 3 aliphatic rings. The van der Waals surface area contributed by atoms with Crippen molar-refractivity contribution in [2.45, 2.75) is 32.2 Å². The lowest BCUT2D eigenvalue weighted by Gasteiger charge is -2.18. The topological polar surface area (TPSA) is 73.0 Å². The lowest BCUT2D eigenvalue weighted by Crippen LogP contribution is -2.32. The smallest absolute Gasteiger partial charge is 0.264 e. The summed E-state index contributed by atoms with van der Waals surface area (Å²) in [6, 6.07) is 14.9. The maximum absolute atomic E-state index is 13.6. The zero-order valence-corrected chi connectivity index (χ0v) is 20.9. The Bertz CT molecular complexity index is 1620. The molecule has 1 saturated heterocycles. The van der Waals surface area contributed by atoms with Crippen LogP contribution in [0.2, 0.25) is 0 Å². The van der Waals surface area contributed by atoms with Crippen LogP contribution in [0.15, 0.2) is 59.5 Å². The van der Waals surface area contributed by atoms with E-state index in [9.17, 15) is 9.59 Å². The van der Waals surface area contributed by atoms with Gasteiger partial charge in [0.15, 0.2) is 5.65 Å². The lowest BCUT2D eigenvalue weighted by atomic mass is 9.99. The Morgan fingerprint density at radius 1 is 1.03 bits per heavy atom. The van der Waals surface area contributed by atoms with Gasteiger partial charge in [0.25, 0.3) is 5.56 Å². The molecule has 0 radical (unpaired) electrons. The van der Waals surface area contributed by atoms with Crippen molar-refractivity contribution in [2.75, 3.05) is 13.1 Å². The molecular weight excluding hydrogens is 462 g/mol. The highest BCUT2D eigenvalue weighted by molar-refractivity contribution is 5.81. The van der Waals surface area contributed by atoms with E-state index in [1.165, 1.54) is 16.7 Å². The molecule has 7 nitrogen and oxygen atoms in total. The van der Waals surface area contributed by atoms with Gasteiger partial charge in [0.2, 0.25) is 5.91 Å². The summed E-state index contributed by atoms with van der Waals surface area (Å²) in [5, 5.41) is 4.82. The minimum atomic E-state index is -0.0738. The van der Waals surface area contributed by atoms with E-state index < -0.39 is 0 Å². The Morgan fingerprint density at radius 3 is 2.62 bits per heavy atom. The number of nitrogens with zero attached hydrogens (tertiary/aromatic N) is 5. The molecule has 2 aromatic heterocycles. The maximum Gasteiger partial charge on any atom is 0.264 e. The first kappa shape index (κ1) is 22.2. The van der Waals surface area contributed by atoms with Gasteiger partial charge in [-0.15, -0.1) is 0 Å². The highest BCUT2D eigenvalue weighted by Gasteiger charge is 2.37. The summed E-state index contributed by atoms with van der Waals surface area (Å²) in [6.45, 7) is 2.02. The average molecular weight is 492 g/mol. The molecule has 0 bridgehead atoms. The van der Waals surface area contributed by atoms with E-state index in [0.29, 0.717) is 29.9 Å². The lowest BCUT2D eigenvalue weighted by molar-refractivity contribution is -0.131. The van der Waals surface area contributed by atoms with Gasteiger partial charge in [-0.25, -0.2) is 4.98 Å². The van der Waals surface area contributed by atoms with Crippen LogP contribution in [0.25, 0.3) is 39.6 Å². The summed E-state index contributed by atoms with van der Waals surface area (Å²) < 4.78 is 3.46. The first-order valence-electron chi connectivity index (χ1n) is 13.2. The SMILES string of the molecule is Cn1ncc2c(=O)n(C[C@@H]3CCN(C(=O)C4CC4)C3)c(-c3ccc(-c4ccc5c(c4)CC=C5)cc3)nc21. The molecule has 4 aromatic rings. The van der Waals surface area contributed by atoms with Gasteiger partial charge in [-0.1, -0.05) is 54.6 Å². The Balaban J connectivity index is 1.23. The third-order valence-corrected chi connectivity index (χ3v) is 8.07. The van der Waals surface area contributed by atoms with Crippen molar-refractivity contribution in [2.24, 2.45) is 18.9 Å². The number of hydrogen-bond donors (Lipinski definition) is 0. The van der Waals surface area contributed by atoms with E-state index >= 15 is 0 Å². The molecule has 1 atom stereocenters. The number of likely N-dealkylation sites (tertiary alicyclic amines) is 1. The number of benzene rings is 2. The minimum absolute atomic E-state index is 0.0738. The van der Waals surface area contributed by atoms with Gasteiger partial charge < -0.3 is 4.90 Å². The van der Waals surface area contributed by atoms with Crippen LogP contribution in [0.4, 0.5) is 0 Å². The van der Waals surface area contributed by atoms with Crippen LogP contribution in [0.5, 0.6) is 0 Å². The monoisotopic (exact) mass is 491 g/mol. The van der Waals surface area contributed by atoms with Crippen LogP contribution in [-0.4, -0.2) is 43.2 Å². The highest BCUT2D eigenvalue weighted by atomic mass is 16.2. The van der Waals surface area contributed by atoms with Crippen LogP contribution < -0.4 is 5.56 Å². The summed E-state index contributed by atoms with van der Waals surface area (Å²) in [4.78, 5) is 33.1. The third-order valence-electron chi connectivity index (χ3n) is 8.07. The summed E-state index contributed by atoms with van der Waals surface area (Å²) in [5.74, 6) is 1.40. The Morgan fingerprint density at radius 2 is 1.81 bits per heavy atom. The second kappa shape index (κ2) is 8.54. The molecule has 0 unspecified atom stereocenters. The number of allylic oxidation sites excluding steroid dienone is 1. The molecule has 7 heteroatoms. The maximum atomic E-state index is 13.6. The van der Waals surface area contributed by atoms with Crippen LogP contribution >= 0.6 is 0 Å². The number of fused-ring (bicyclic) bond motifs is 2. The number of carbonyl (C=O) groups is 1. The summed E-state index contributed by atoms with van der Waals surface area (Å²) >= 11 is 0. The van der Waals surface area contributed by atoms with E-state index in [0.717, 1.165) is 43.4 Å². The molecule has 186 valence electrons. The summed E-state index contributed by atoms with van der Waals surface area (Å²) in [6.07, 6.45) is 9.89. The van der Waals surface area contributed by atoms with E-state index in [4.69, 9.17) is 4.98 Å². The van der Waals surface area contributed by atoms with Gasteiger partial charge in [-0.2, -0.15) is 5.10 Å². The molecule has 0 spiro atoms. The molecule has 2 fully saturated rings. The predicted octanol–water partition coefficient (Wildman–Crippen LogP) is 4.29. The van der Waals surface area contributed by atoms with Crippen LogP contribution in [-0.2, 0) is 24.8 Å². The first-order chi connectivity index (χ1) is 18.0. The normalized spacial score (nSPS) is 18.6. The summed E-state index contributed by atoms with van der Waals surface area (Å²) in [7, 11) is 1.81. The van der Waals surface area contributed by atoms with Gasteiger partial charge in [-0.05, 0) is 53.9 Å². The van der Waals surface area contributed by atoms with Crippen molar-refractivity contribution in [3.05, 3.63) is 76.2 Å². The number of carbonyl (C=O) groups excluding carboxylic acids is 1. The zero-order valence-electron chi connectivity index (χ0n) is 20.9. The van der Waals surface area contributed by atoms with Crippen molar-refractivity contribution in [3.63, 3.8) is 0 Å². The van der Waals surface area contributed by atoms with Crippen molar-refractivity contribution >= 4 is 23.0 Å². The second-order valence-electron chi connectivity index (χ2n) is 10.7. The number of hydrogen-bond acceptors (Lipinski definition) is 4. The number of aromatic nitrogens is 4. The van der Waals surface area contributed by atoms with Crippen molar-refractivity contribution in [1.82, 2.24) is 24.2 Å². The molecule has 1 saturated carbocycles. The first-order valence-corrected chi connectivity index (χ1v) is 13.2. The van der Waals surface area contributed by atoms with Gasteiger partial charge in [0.1, 0.15) is 11.2 Å². The van der Waals surface area contributed by atoms with E-state index in [1.807, 2.05) is 11.9 Å². The largest absolute Gasteiger partial charge is 0.342 e. The Labute approximate surface area is 215 Å². The molecule has 37 heavy (non-hydrogen) atoms. The molecule has 2 aliphatic carbocycles. The van der Waals surface area contributed by atoms with Crippen LogP contribution in [0.3, 0.4) is 0 Å². The van der Waals surface area contributed by atoms with Crippen molar-refractivity contribution in [1.29, 1.82) is 0 Å². The van der Waals surface area contributed by atoms with Crippen molar-refractivity contribution in [3.8, 4) is 22.5 Å². The number of rotatable bonds is 5. The zero-order chi connectivity index (χ0) is 25.1. The fourth-order valence-corrected chi connectivity index (χ4v) is 5.78. The Hall–Kier alpha value is -4.00. The number of aryl methyl sites for hydroxylation is 1. The highest BCUT2D eigenvalue weighted by Crippen LogP contribution is 2.34. The fraction of sp³-hybridized carbons (Fsp3) is 0.333. The van der Waals surface area contributed by atoms with E-state index in [2.05, 4.69) is 59.7 Å². The van der Waals surface area contributed by atoms with Crippen LogP contribution in [0.1, 0.15) is 30.4 Å². The average Bonchev–Trinajstić information content (AvgIpc) is 3.29. The number of amides is 1. The van der Waals surface area contributed by atoms with Crippen LogP contribution in [0, 0.1) is 11.8 Å². The predicted molar refractivity (Wildman–Crippen MR) is 144 cm³/mol. The van der Waals surface area contributed by atoms with Gasteiger partial charge in [-0.3, -0.25) is 18.8 Å². The van der Waals surface area contributed by atoms with Gasteiger partial charge >= 0.3 is 0 Å². The third kappa shape index (κ3) is 3.89. The second-order valence-corrected chi connectivity index (χ2v) is 10.7. The molecule has 1 aliphatic heterocycles. The molecule has 1 amide bonds. The fourth-order valence-electron chi connectivity index (χ4n) is 5.78. The molecule has 3 heterocycles. The molecular formula is C30H29N5O2. The standard InChI is InChI=1S/C30H29N5O2/c1-33-28-26(16-31-33)30(37)35(18-19-13-14-34(17-19)29(36)23-10-11-23)27(32-28)22-8-5-21(6-9-22)25-12-7-20-3-2-4-24(20)15-25/h2-3,5-9,12,15-16,19,23H,4,10-11,13-14,17-18H2,1H3/t19-/m1/s1. The van der Waals surface area contributed by atoms with Crippen molar-refractivity contribution < 1.29 is 4.79 Å². The van der Waals surface area contributed by atoms with Gasteiger partial charge in [0.05, 0.1) is 6.20 Å². The quantitative estimate of drug-likeness (QED) is 0.418.